The third-order valence-electron chi connectivity index (χ3n) is 4.76. The average molecular weight is 313 g/mol. The van der Waals surface area contributed by atoms with Gasteiger partial charge in [-0.1, -0.05) is 35.5 Å². The summed E-state index contributed by atoms with van der Waals surface area (Å²) in [6.45, 7) is 5.99. The summed E-state index contributed by atoms with van der Waals surface area (Å²) in [7, 11) is 0. The van der Waals surface area contributed by atoms with Gasteiger partial charge < -0.3 is 9.26 Å². The molecule has 4 rings (SSSR count). The summed E-state index contributed by atoms with van der Waals surface area (Å²) in [5, 5.41) is 4.15. The zero-order valence-electron chi connectivity index (χ0n) is 13.7. The molecule has 0 unspecified atom stereocenters. The van der Waals surface area contributed by atoms with Gasteiger partial charge in [-0.05, 0) is 32.3 Å². The summed E-state index contributed by atoms with van der Waals surface area (Å²) in [4.78, 5) is 6.99. The lowest BCUT2D eigenvalue weighted by Gasteiger charge is -2.39. The summed E-state index contributed by atoms with van der Waals surface area (Å²) in [5.74, 6) is 2.14. The first-order valence-electron chi connectivity index (χ1n) is 8.48. The van der Waals surface area contributed by atoms with Crippen LogP contribution in [0.25, 0.3) is 0 Å². The molecule has 1 saturated heterocycles. The molecule has 2 aromatic rings. The predicted molar refractivity (Wildman–Crippen MR) is 86.0 cm³/mol. The fraction of sp³-hybridized carbons (Fsp3) is 0.556. The molecule has 1 aromatic carbocycles. The minimum Gasteiger partial charge on any atom is -0.368 e. The molecule has 23 heavy (non-hydrogen) atoms. The number of morpholine rings is 1. The molecule has 2 heterocycles. The van der Waals surface area contributed by atoms with Gasteiger partial charge in [0.15, 0.2) is 5.82 Å². The predicted octanol–water partition coefficient (Wildman–Crippen LogP) is 3.47. The first-order chi connectivity index (χ1) is 11.2. The lowest BCUT2D eigenvalue weighted by molar-refractivity contribution is -0.0922. The zero-order valence-corrected chi connectivity index (χ0v) is 13.7. The number of ether oxygens (including phenoxy) is 1. The van der Waals surface area contributed by atoms with Crippen molar-refractivity contribution >= 4 is 0 Å². The van der Waals surface area contributed by atoms with Crippen LogP contribution in [0.5, 0.6) is 0 Å². The Morgan fingerprint density at radius 1 is 1.17 bits per heavy atom. The van der Waals surface area contributed by atoms with Gasteiger partial charge in [0, 0.05) is 19.0 Å². The molecule has 2 fully saturated rings. The first kappa shape index (κ1) is 14.8. The van der Waals surface area contributed by atoms with Gasteiger partial charge in [0.2, 0.25) is 5.89 Å². The van der Waals surface area contributed by atoms with Gasteiger partial charge in [-0.2, -0.15) is 4.98 Å². The van der Waals surface area contributed by atoms with Crippen LogP contribution < -0.4 is 0 Å². The molecule has 1 aliphatic heterocycles. The largest absolute Gasteiger partial charge is 0.368 e. The molecule has 122 valence electrons. The number of rotatable bonds is 4. The lowest BCUT2D eigenvalue weighted by atomic mass is 10.1. The first-order valence-corrected chi connectivity index (χ1v) is 8.48. The van der Waals surface area contributed by atoms with E-state index in [2.05, 4.69) is 53.2 Å². The Bertz CT molecular complexity index is 653. The molecule has 0 amide bonds. The molecule has 0 bridgehead atoms. The van der Waals surface area contributed by atoms with Crippen molar-refractivity contribution in [3.05, 3.63) is 47.6 Å². The van der Waals surface area contributed by atoms with Gasteiger partial charge in [0.1, 0.15) is 0 Å². The Balaban J connectivity index is 1.50. The van der Waals surface area contributed by atoms with E-state index in [1.165, 1.54) is 18.4 Å². The molecular weight excluding hydrogens is 290 g/mol. The Kier molecular flexibility index (Phi) is 3.91. The molecule has 5 heteroatoms. The van der Waals surface area contributed by atoms with Crippen LogP contribution in [0.15, 0.2) is 34.9 Å². The van der Waals surface area contributed by atoms with Crippen molar-refractivity contribution in [2.45, 2.75) is 50.9 Å². The van der Waals surface area contributed by atoms with Gasteiger partial charge in [-0.15, -0.1) is 0 Å². The highest BCUT2D eigenvalue weighted by Crippen LogP contribution is 2.39. The standard InChI is InChI=1S/C18H23N3O2/c1-12-10-21(11-16(22-12)14-6-4-3-5-7-14)13(2)18-19-17(20-23-18)15-8-9-15/h3-7,12-13,15-16H,8-11H2,1-2H3/t12-,13-,16-/m1/s1. The molecule has 1 aliphatic carbocycles. The maximum atomic E-state index is 6.13. The van der Waals surface area contributed by atoms with Crippen molar-refractivity contribution in [3.63, 3.8) is 0 Å². The Hall–Kier alpha value is -1.72. The molecule has 5 nitrogen and oxygen atoms in total. The van der Waals surface area contributed by atoms with E-state index in [4.69, 9.17) is 9.26 Å². The third kappa shape index (κ3) is 3.16. The van der Waals surface area contributed by atoms with E-state index >= 15 is 0 Å². The highest BCUT2D eigenvalue weighted by atomic mass is 16.5. The fourth-order valence-corrected chi connectivity index (χ4v) is 3.23. The van der Waals surface area contributed by atoms with Crippen molar-refractivity contribution < 1.29 is 9.26 Å². The number of aromatic nitrogens is 2. The van der Waals surface area contributed by atoms with Crippen LogP contribution in [0.1, 0.15) is 62.0 Å². The van der Waals surface area contributed by atoms with E-state index in [1.807, 2.05) is 6.07 Å². The van der Waals surface area contributed by atoms with Crippen molar-refractivity contribution in [1.82, 2.24) is 15.0 Å². The molecule has 0 spiro atoms. The van der Waals surface area contributed by atoms with E-state index in [0.717, 1.165) is 24.8 Å². The topological polar surface area (TPSA) is 51.4 Å². The van der Waals surface area contributed by atoms with E-state index in [-0.39, 0.29) is 18.2 Å². The molecule has 0 radical (unpaired) electrons. The van der Waals surface area contributed by atoms with Crippen molar-refractivity contribution in [2.24, 2.45) is 0 Å². The molecular formula is C18H23N3O2. The van der Waals surface area contributed by atoms with Crippen LogP contribution in [0.2, 0.25) is 0 Å². The minimum absolute atomic E-state index is 0.0909. The van der Waals surface area contributed by atoms with Crippen molar-refractivity contribution in [2.75, 3.05) is 13.1 Å². The number of nitrogens with zero attached hydrogens (tertiary/aromatic N) is 3. The highest BCUT2D eigenvalue weighted by molar-refractivity contribution is 5.18. The number of hydrogen-bond donors (Lipinski definition) is 0. The average Bonchev–Trinajstić information content (AvgIpc) is 3.32. The summed E-state index contributed by atoms with van der Waals surface area (Å²) in [6.07, 6.45) is 2.66. The SMILES string of the molecule is C[C@@H]1CN([C@H](C)c2nc(C3CC3)no2)C[C@H](c2ccccc2)O1. The monoisotopic (exact) mass is 313 g/mol. The zero-order chi connectivity index (χ0) is 15.8. The van der Waals surface area contributed by atoms with Crippen LogP contribution in [-0.4, -0.2) is 34.2 Å². The van der Waals surface area contributed by atoms with Crippen LogP contribution in [0.3, 0.4) is 0 Å². The van der Waals surface area contributed by atoms with Crippen molar-refractivity contribution in [1.29, 1.82) is 0 Å². The molecule has 0 N–H and O–H groups in total. The van der Waals surface area contributed by atoms with E-state index in [0.29, 0.717) is 5.92 Å². The highest BCUT2D eigenvalue weighted by Gasteiger charge is 2.34. The van der Waals surface area contributed by atoms with E-state index in [1.54, 1.807) is 0 Å². The normalized spacial score (nSPS) is 27.0. The Labute approximate surface area is 136 Å². The summed E-state index contributed by atoms with van der Waals surface area (Å²) in [5.41, 5.74) is 1.22. The van der Waals surface area contributed by atoms with Crippen LogP contribution in [-0.2, 0) is 4.74 Å². The van der Waals surface area contributed by atoms with E-state index in [9.17, 15) is 0 Å². The fourth-order valence-electron chi connectivity index (χ4n) is 3.23. The molecule has 3 atom stereocenters. The lowest BCUT2D eigenvalue weighted by Crippen LogP contribution is -2.44. The minimum atomic E-state index is 0.0909. The van der Waals surface area contributed by atoms with Crippen LogP contribution >= 0.6 is 0 Å². The van der Waals surface area contributed by atoms with Gasteiger partial charge in [-0.25, -0.2) is 0 Å². The quantitative estimate of drug-likeness (QED) is 0.865. The second-order valence-electron chi connectivity index (χ2n) is 6.74. The van der Waals surface area contributed by atoms with E-state index < -0.39 is 0 Å². The number of hydrogen-bond acceptors (Lipinski definition) is 5. The second kappa shape index (κ2) is 6.06. The second-order valence-corrected chi connectivity index (χ2v) is 6.74. The molecule has 1 saturated carbocycles. The summed E-state index contributed by atoms with van der Waals surface area (Å²) in [6, 6.07) is 10.5. The molecule has 1 aromatic heterocycles. The Morgan fingerprint density at radius 2 is 1.96 bits per heavy atom. The smallest absolute Gasteiger partial charge is 0.243 e. The van der Waals surface area contributed by atoms with Gasteiger partial charge in [0.25, 0.3) is 0 Å². The maximum Gasteiger partial charge on any atom is 0.243 e. The van der Waals surface area contributed by atoms with Gasteiger partial charge in [-0.3, -0.25) is 4.90 Å². The summed E-state index contributed by atoms with van der Waals surface area (Å²) >= 11 is 0. The third-order valence-corrected chi connectivity index (χ3v) is 4.76. The van der Waals surface area contributed by atoms with Gasteiger partial charge in [0.05, 0.1) is 18.2 Å². The number of benzene rings is 1. The maximum absolute atomic E-state index is 6.13. The summed E-state index contributed by atoms with van der Waals surface area (Å²) < 4.78 is 11.6. The van der Waals surface area contributed by atoms with Gasteiger partial charge >= 0.3 is 0 Å². The van der Waals surface area contributed by atoms with Crippen LogP contribution in [0.4, 0.5) is 0 Å². The Morgan fingerprint density at radius 3 is 2.70 bits per heavy atom. The molecule has 2 aliphatic rings. The van der Waals surface area contributed by atoms with Crippen LogP contribution in [0, 0.1) is 0 Å². The van der Waals surface area contributed by atoms with Crippen molar-refractivity contribution in [3.8, 4) is 0 Å².